The Balaban J connectivity index is 1.72. The Bertz CT molecular complexity index is 845. The standard InChI is InChI=1S/C18H16ClN3OS/c1-2-5-12-8-10-13(11-9-12)16(23)20-18-22-21-17(24-18)14-6-3-4-7-15(14)19/h3-4,6-11H,2,5H2,1H3,(H,20,22,23). The molecule has 1 heterocycles. The minimum atomic E-state index is -0.195. The zero-order valence-corrected chi connectivity index (χ0v) is 14.7. The molecule has 0 aliphatic heterocycles. The van der Waals surface area contributed by atoms with Crippen LogP contribution in [0.15, 0.2) is 48.5 Å². The van der Waals surface area contributed by atoms with Crippen molar-refractivity contribution in [1.29, 1.82) is 0 Å². The molecule has 0 fully saturated rings. The van der Waals surface area contributed by atoms with Crippen LogP contribution in [0.4, 0.5) is 5.13 Å². The summed E-state index contributed by atoms with van der Waals surface area (Å²) in [5.74, 6) is -0.195. The molecule has 2 aromatic carbocycles. The molecule has 0 atom stereocenters. The highest BCUT2D eigenvalue weighted by Gasteiger charge is 2.12. The highest BCUT2D eigenvalue weighted by Crippen LogP contribution is 2.31. The maximum absolute atomic E-state index is 12.3. The number of rotatable bonds is 5. The van der Waals surface area contributed by atoms with Gasteiger partial charge in [0.15, 0.2) is 5.01 Å². The summed E-state index contributed by atoms with van der Waals surface area (Å²) in [6, 6.07) is 15.0. The van der Waals surface area contributed by atoms with Crippen molar-refractivity contribution >= 4 is 34.0 Å². The van der Waals surface area contributed by atoms with E-state index in [1.54, 1.807) is 6.07 Å². The summed E-state index contributed by atoms with van der Waals surface area (Å²) in [5, 5.41) is 12.6. The number of aryl methyl sites for hydroxylation is 1. The van der Waals surface area contributed by atoms with E-state index in [0.717, 1.165) is 18.4 Å². The second-order valence-corrected chi connectivity index (χ2v) is 6.68. The van der Waals surface area contributed by atoms with Crippen LogP contribution in [0.3, 0.4) is 0 Å². The number of nitrogens with zero attached hydrogens (tertiary/aromatic N) is 2. The van der Waals surface area contributed by atoms with Gasteiger partial charge >= 0.3 is 0 Å². The van der Waals surface area contributed by atoms with Crippen LogP contribution in [0.25, 0.3) is 10.6 Å². The summed E-state index contributed by atoms with van der Waals surface area (Å²) >= 11 is 7.46. The molecule has 3 rings (SSSR count). The smallest absolute Gasteiger partial charge is 0.257 e. The molecule has 1 N–H and O–H groups in total. The van der Waals surface area contributed by atoms with Gasteiger partial charge in [0.1, 0.15) is 0 Å². The van der Waals surface area contributed by atoms with Crippen LogP contribution >= 0.6 is 22.9 Å². The number of anilines is 1. The Morgan fingerprint density at radius 1 is 1.12 bits per heavy atom. The average molecular weight is 358 g/mol. The lowest BCUT2D eigenvalue weighted by atomic mass is 10.1. The van der Waals surface area contributed by atoms with Crippen molar-refractivity contribution in [1.82, 2.24) is 10.2 Å². The normalized spacial score (nSPS) is 10.6. The van der Waals surface area contributed by atoms with E-state index in [-0.39, 0.29) is 5.91 Å². The van der Waals surface area contributed by atoms with Gasteiger partial charge < -0.3 is 0 Å². The fourth-order valence-electron chi connectivity index (χ4n) is 2.30. The van der Waals surface area contributed by atoms with Crippen LogP contribution in [0.5, 0.6) is 0 Å². The Hall–Kier alpha value is -2.24. The van der Waals surface area contributed by atoms with Crippen molar-refractivity contribution in [2.24, 2.45) is 0 Å². The number of benzene rings is 2. The van der Waals surface area contributed by atoms with E-state index < -0.39 is 0 Å². The van der Waals surface area contributed by atoms with E-state index >= 15 is 0 Å². The van der Waals surface area contributed by atoms with Gasteiger partial charge in [-0.1, -0.05) is 66.6 Å². The van der Waals surface area contributed by atoms with Crippen LogP contribution in [0.2, 0.25) is 5.02 Å². The Labute approximate surface area is 149 Å². The van der Waals surface area contributed by atoms with Gasteiger partial charge in [-0.2, -0.15) is 0 Å². The highest BCUT2D eigenvalue weighted by molar-refractivity contribution is 7.18. The lowest BCUT2D eigenvalue weighted by molar-refractivity contribution is 0.102. The molecule has 4 nitrogen and oxygen atoms in total. The number of aromatic nitrogens is 2. The monoisotopic (exact) mass is 357 g/mol. The molecule has 24 heavy (non-hydrogen) atoms. The van der Waals surface area contributed by atoms with Crippen molar-refractivity contribution in [2.75, 3.05) is 5.32 Å². The van der Waals surface area contributed by atoms with Gasteiger partial charge in [0, 0.05) is 11.1 Å². The van der Waals surface area contributed by atoms with Crippen LogP contribution < -0.4 is 5.32 Å². The Morgan fingerprint density at radius 2 is 1.88 bits per heavy atom. The topological polar surface area (TPSA) is 54.9 Å². The third-order valence-electron chi connectivity index (χ3n) is 3.50. The summed E-state index contributed by atoms with van der Waals surface area (Å²) in [4.78, 5) is 12.3. The molecule has 0 bridgehead atoms. The molecule has 0 saturated carbocycles. The third-order valence-corrected chi connectivity index (χ3v) is 4.71. The molecular weight excluding hydrogens is 342 g/mol. The molecule has 3 aromatic rings. The minimum Gasteiger partial charge on any atom is -0.296 e. The molecule has 0 saturated heterocycles. The van der Waals surface area contributed by atoms with E-state index in [0.29, 0.717) is 20.7 Å². The predicted octanol–water partition coefficient (Wildman–Crippen LogP) is 5.06. The molecule has 122 valence electrons. The van der Waals surface area contributed by atoms with Crippen molar-refractivity contribution in [3.8, 4) is 10.6 Å². The molecule has 0 aliphatic rings. The molecule has 0 aliphatic carbocycles. The first kappa shape index (κ1) is 16.6. The Morgan fingerprint density at radius 3 is 2.58 bits per heavy atom. The molecule has 0 unspecified atom stereocenters. The van der Waals surface area contributed by atoms with Gasteiger partial charge in [-0.05, 0) is 30.2 Å². The fourth-order valence-corrected chi connectivity index (χ4v) is 3.36. The first-order chi connectivity index (χ1) is 11.7. The maximum Gasteiger partial charge on any atom is 0.257 e. The summed E-state index contributed by atoms with van der Waals surface area (Å²) < 4.78 is 0. The van der Waals surface area contributed by atoms with E-state index in [1.165, 1.54) is 16.9 Å². The maximum atomic E-state index is 12.3. The predicted molar refractivity (Wildman–Crippen MR) is 98.7 cm³/mol. The lowest BCUT2D eigenvalue weighted by Gasteiger charge is -2.03. The summed E-state index contributed by atoms with van der Waals surface area (Å²) in [7, 11) is 0. The van der Waals surface area contributed by atoms with Gasteiger partial charge in [0.05, 0.1) is 5.02 Å². The highest BCUT2D eigenvalue weighted by atomic mass is 35.5. The fraction of sp³-hybridized carbons (Fsp3) is 0.167. The van der Waals surface area contributed by atoms with Gasteiger partial charge in [0.2, 0.25) is 5.13 Å². The van der Waals surface area contributed by atoms with E-state index in [2.05, 4.69) is 22.4 Å². The number of carbonyl (C=O) groups is 1. The van der Waals surface area contributed by atoms with Crippen molar-refractivity contribution < 1.29 is 4.79 Å². The lowest BCUT2D eigenvalue weighted by Crippen LogP contribution is -2.11. The van der Waals surface area contributed by atoms with E-state index in [1.807, 2.05) is 42.5 Å². The number of nitrogens with one attached hydrogen (secondary N) is 1. The number of hydrogen-bond acceptors (Lipinski definition) is 4. The minimum absolute atomic E-state index is 0.195. The second-order valence-electron chi connectivity index (χ2n) is 5.29. The van der Waals surface area contributed by atoms with Gasteiger partial charge in [-0.25, -0.2) is 0 Å². The van der Waals surface area contributed by atoms with Gasteiger partial charge in [-0.15, -0.1) is 10.2 Å². The van der Waals surface area contributed by atoms with Crippen molar-refractivity contribution in [3.63, 3.8) is 0 Å². The number of hydrogen-bond donors (Lipinski definition) is 1. The quantitative estimate of drug-likeness (QED) is 0.694. The summed E-state index contributed by atoms with van der Waals surface area (Å²) in [6.45, 7) is 2.13. The summed E-state index contributed by atoms with van der Waals surface area (Å²) in [6.07, 6.45) is 2.10. The van der Waals surface area contributed by atoms with Crippen LogP contribution in [-0.2, 0) is 6.42 Å². The van der Waals surface area contributed by atoms with Gasteiger partial charge in [0.25, 0.3) is 5.91 Å². The van der Waals surface area contributed by atoms with Gasteiger partial charge in [-0.3, -0.25) is 10.1 Å². The number of amides is 1. The van der Waals surface area contributed by atoms with Crippen molar-refractivity contribution in [2.45, 2.75) is 19.8 Å². The van der Waals surface area contributed by atoms with E-state index in [9.17, 15) is 4.79 Å². The zero-order chi connectivity index (χ0) is 16.9. The van der Waals surface area contributed by atoms with Crippen LogP contribution in [0, 0.1) is 0 Å². The molecular formula is C18H16ClN3OS. The molecule has 1 amide bonds. The third kappa shape index (κ3) is 3.80. The first-order valence-corrected chi connectivity index (χ1v) is 8.85. The van der Waals surface area contributed by atoms with E-state index in [4.69, 9.17) is 11.6 Å². The van der Waals surface area contributed by atoms with Crippen LogP contribution in [-0.4, -0.2) is 16.1 Å². The first-order valence-electron chi connectivity index (χ1n) is 7.66. The number of halogens is 1. The summed E-state index contributed by atoms with van der Waals surface area (Å²) in [5.41, 5.74) is 2.64. The molecule has 0 radical (unpaired) electrons. The largest absolute Gasteiger partial charge is 0.296 e. The average Bonchev–Trinajstić information content (AvgIpc) is 3.04. The number of carbonyl (C=O) groups excluding carboxylic acids is 1. The van der Waals surface area contributed by atoms with Crippen molar-refractivity contribution in [3.05, 3.63) is 64.7 Å². The molecule has 1 aromatic heterocycles. The molecule has 6 heteroatoms. The second kappa shape index (κ2) is 7.55. The molecule has 0 spiro atoms. The SMILES string of the molecule is CCCc1ccc(C(=O)Nc2nnc(-c3ccccc3Cl)s2)cc1. The zero-order valence-electron chi connectivity index (χ0n) is 13.1. The Kier molecular flexibility index (Phi) is 5.23. The van der Waals surface area contributed by atoms with Crippen LogP contribution in [0.1, 0.15) is 29.3 Å².